The number of carboxylic acid groups (broad SMARTS) is 2. The summed E-state index contributed by atoms with van der Waals surface area (Å²) in [5.74, 6) is -6.90. The Kier molecular flexibility index (Phi) is 18.6. The number of fused-ring (bicyclic) bond motifs is 2. The molecular weight excluding hydrogens is 1350 g/mol. The van der Waals surface area contributed by atoms with Gasteiger partial charge in [-0.2, -0.15) is 73.8 Å². The molecule has 0 spiro atoms. The van der Waals surface area contributed by atoms with Gasteiger partial charge < -0.3 is 41.7 Å². The van der Waals surface area contributed by atoms with Crippen molar-refractivity contribution in [3.8, 4) is 11.5 Å². The molecule has 0 aliphatic heterocycles. The Morgan fingerprint density at radius 1 is 0.457 bits per heavy atom. The first-order valence-electron chi connectivity index (χ1n) is 24.8. The number of aromatic hydroxyl groups is 2. The van der Waals surface area contributed by atoms with Gasteiger partial charge in [0.15, 0.2) is 11.5 Å². The Hall–Kier alpha value is -9.92. The van der Waals surface area contributed by atoms with Crippen molar-refractivity contribution in [1.29, 1.82) is 0 Å². The van der Waals surface area contributed by atoms with Gasteiger partial charge in [0.25, 0.3) is 40.5 Å². The highest BCUT2D eigenvalue weighted by Gasteiger charge is 2.29. The van der Waals surface area contributed by atoms with Crippen molar-refractivity contribution in [2.24, 2.45) is 20.5 Å². The molecule has 0 aliphatic rings. The van der Waals surface area contributed by atoms with Crippen LogP contribution in [0.1, 0.15) is 43.0 Å². The number of benzene rings is 7. The molecule has 478 valence electrons. The number of hydrogen-bond acceptors (Lipinski definition) is 30. The third kappa shape index (κ3) is 15.1. The SMILES string of the molecule is Cc1cc(Nc2nc(Cl)nc(Nc3cc(S(=O)(=O)O)cc4cc(S(=O)(=O)O)c(N=Nc5cc(C(=O)O)cc(C(=O)O)c5)c(O)c34)n2)c(C)cc1Nc1nc(Cl)nc(Nc2cc(S(=O)(=O)O)cc3cc(S(=O)(=O)O)c(N=Nc4cc(COO)cc(COO)c4)c(O)c23)n1. The van der Waals surface area contributed by atoms with E-state index in [0.29, 0.717) is 40.7 Å². The fourth-order valence-corrected chi connectivity index (χ4v) is 11.5. The number of azo groups is 2. The normalized spacial score (nSPS) is 12.3. The summed E-state index contributed by atoms with van der Waals surface area (Å²) in [6.45, 7) is 2.43. The zero-order valence-corrected chi connectivity index (χ0v) is 50.5. The van der Waals surface area contributed by atoms with E-state index in [1.165, 1.54) is 18.2 Å². The minimum Gasteiger partial charge on any atom is -0.505 e. The lowest BCUT2D eigenvalue weighted by atomic mass is 10.1. The molecule has 9 aromatic rings. The van der Waals surface area contributed by atoms with Gasteiger partial charge in [0.05, 0.1) is 43.7 Å². The first-order valence-corrected chi connectivity index (χ1v) is 31.3. The number of nitrogens with zero attached hydrogens (tertiary/aromatic N) is 10. The molecule has 42 heteroatoms. The summed E-state index contributed by atoms with van der Waals surface area (Å²) in [6, 6.07) is 14.0. The Bertz CT molecular complexity index is 5100. The second-order valence-electron chi connectivity index (χ2n) is 19.0. The quantitative estimate of drug-likeness (QED) is 0.0130. The number of halogens is 2. The van der Waals surface area contributed by atoms with Gasteiger partial charge in [-0.25, -0.2) is 19.4 Å². The van der Waals surface area contributed by atoms with Crippen molar-refractivity contribution in [3.63, 3.8) is 0 Å². The second kappa shape index (κ2) is 25.8. The molecule has 92 heavy (non-hydrogen) atoms. The average molecular weight is 1390 g/mol. The summed E-state index contributed by atoms with van der Waals surface area (Å²) in [4.78, 5) is 52.5. The Balaban J connectivity index is 1.04. The fourth-order valence-electron chi connectivity index (χ4n) is 8.74. The number of nitrogens with one attached hydrogen (secondary N) is 4. The largest absolute Gasteiger partial charge is 0.505 e. The molecule has 2 aromatic heterocycles. The number of aryl methyl sites for hydroxylation is 2. The molecule has 0 fully saturated rings. The van der Waals surface area contributed by atoms with Crippen LogP contribution in [0.25, 0.3) is 21.5 Å². The molecule has 0 aliphatic carbocycles. The molecular formula is C50H38Cl2N14O22S4. The van der Waals surface area contributed by atoms with Crippen LogP contribution in [0.5, 0.6) is 11.5 Å². The molecule has 0 atom stereocenters. The number of aromatic nitrogens is 6. The summed E-state index contributed by atoms with van der Waals surface area (Å²) in [5, 5.41) is 84.1. The molecule has 14 N–H and O–H groups in total. The minimum atomic E-state index is -5.40. The van der Waals surface area contributed by atoms with Crippen LogP contribution in [-0.4, -0.2) is 125 Å². The van der Waals surface area contributed by atoms with E-state index in [0.717, 1.165) is 36.4 Å². The third-order valence-corrected chi connectivity index (χ3v) is 16.3. The molecule has 7 aromatic carbocycles. The highest BCUT2D eigenvalue weighted by Crippen LogP contribution is 2.48. The lowest BCUT2D eigenvalue weighted by molar-refractivity contribution is -0.254. The van der Waals surface area contributed by atoms with Gasteiger partial charge in [0.1, 0.15) is 34.4 Å². The van der Waals surface area contributed by atoms with Gasteiger partial charge in [-0.05, 0) is 149 Å². The molecule has 0 unspecified atom stereocenters. The number of hydrogen-bond donors (Lipinski definition) is 14. The second-order valence-corrected chi connectivity index (χ2v) is 25.3. The third-order valence-electron chi connectivity index (χ3n) is 12.6. The number of phenols is 2. The fraction of sp³-hybridized carbons (Fsp3) is 0.0800. The van der Waals surface area contributed by atoms with Gasteiger partial charge >= 0.3 is 11.9 Å². The van der Waals surface area contributed by atoms with Gasteiger partial charge in [0.2, 0.25) is 34.4 Å². The van der Waals surface area contributed by atoms with E-state index >= 15 is 0 Å². The van der Waals surface area contributed by atoms with Crippen LogP contribution in [0, 0.1) is 13.8 Å². The van der Waals surface area contributed by atoms with Crippen LogP contribution in [0.4, 0.5) is 69.3 Å². The average Bonchev–Trinajstić information content (AvgIpc) is 0.756. The number of phenolic OH excluding ortho intramolecular Hbond substituents is 2. The Labute approximate surface area is 524 Å². The molecule has 2 heterocycles. The van der Waals surface area contributed by atoms with Crippen molar-refractivity contribution in [2.75, 3.05) is 21.3 Å². The first kappa shape index (κ1) is 66.5. The van der Waals surface area contributed by atoms with Crippen molar-refractivity contribution in [3.05, 3.63) is 129 Å². The number of anilines is 8. The van der Waals surface area contributed by atoms with Crippen molar-refractivity contribution in [2.45, 2.75) is 46.6 Å². The highest BCUT2D eigenvalue weighted by atomic mass is 35.5. The molecule has 0 bridgehead atoms. The maximum Gasteiger partial charge on any atom is 0.335 e. The summed E-state index contributed by atoms with van der Waals surface area (Å²) >= 11 is 12.7. The van der Waals surface area contributed by atoms with Gasteiger partial charge in [-0.3, -0.25) is 28.7 Å². The molecule has 9 rings (SSSR count). The smallest absolute Gasteiger partial charge is 0.335 e. The predicted molar refractivity (Wildman–Crippen MR) is 319 cm³/mol. The number of carboxylic acids is 2. The maximum atomic E-state index is 12.8. The standard InChI is InChI=1S/C50H38Cl2N14O22S4/c1-19-4-32(54-48-58-46(52)60-50(62-48)56-34-16-30(90(78,79)80)12-24-14-36(92(84,85)86)40(42(68)38(24)34)66-64-28-9-25(43(69)70)8-26(10-28)44(71)72)20(2)3-31(19)53-47-57-45(51)59-49(61-47)55-33-15-29(89(75,76)77)11-23-13-35(91(81,82)83)39(41(67)37(23)33)65-63-27-6-21(17-87-73)5-22(7-27)18-88-74/h3-16,67-68,73-74H,17-18H2,1-2H3,(H,69,70)(H,71,72)(H,75,76,77)(H,78,79,80)(H,81,82,83)(H,84,85,86)(H2,53,55,57,59,61)(H2,54,56,58,60,62). The van der Waals surface area contributed by atoms with Crippen molar-refractivity contribution in [1.82, 2.24) is 29.9 Å². The van der Waals surface area contributed by atoms with Crippen LogP contribution in [-0.2, 0) is 63.5 Å². The summed E-state index contributed by atoms with van der Waals surface area (Å²) in [6.07, 6.45) is 0. The molecule has 0 saturated heterocycles. The molecule has 0 radical (unpaired) electrons. The van der Waals surface area contributed by atoms with Crippen LogP contribution < -0.4 is 21.3 Å². The van der Waals surface area contributed by atoms with Crippen LogP contribution in [0.3, 0.4) is 0 Å². The topological polar surface area (TPSA) is 566 Å². The Morgan fingerprint density at radius 2 is 0.804 bits per heavy atom. The van der Waals surface area contributed by atoms with Crippen molar-refractivity contribution < 1.29 is 102 Å². The predicted octanol–water partition coefficient (Wildman–Crippen LogP) is 9.87. The van der Waals surface area contributed by atoms with E-state index in [1.54, 1.807) is 26.0 Å². The number of carbonyl (C=O) groups is 2. The first-order chi connectivity index (χ1) is 43.1. The van der Waals surface area contributed by atoms with Crippen LogP contribution >= 0.6 is 23.2 Å². The van der Waals surface area contributed by atoms with Gasteiger partial charge in [0, 0.05) is 22.1 Å². The molecule has 36 nitrogen and oxygen atoms in total. The van der Waals surface area contributed by atoms with E-state index in [1.807, 2.05) is 0 Å². The zero-order valence-electron chi connectivity index (χ0n) is 45.7. The maximum absolute atomic E-state index is 12.8. The number of rotatable bonds is 22. The van der Waals surface area contributed by atoms with Gasteiger partial charge in [-0.1, -0.05) is 6.07 Å². The van der Waals surface area contributed by atoms with Crippen LogP contribution in [0.15, 0.2) is 125 Å². The lowest BCUT2D eigenvalue weighted by Crippen LogP contribution is -2.08. The van der Waals surface area contributed by atoms with E-state index in [2.05, 4.69) is 81.4 Å². The van der Waals surface area contributed by atoms with Crippen LogP contribution in [0.2, 0.25) is 10.6 Å². The molecule has 0 saturated carbocycles. The number of aromatic carboxylic acids is 2. The van der Waals surface area contributed by atoms with E-state index in [9.17, 15) is 81.9 Å². The monoisotopic (exact) mass is 1380 g/mol. The van der Waals surface area contributed by atoms with Gasteiger partial charge in [-0.15, -0.1) is 10.2 Å². The summed E-state index contributed by atoms with van der Waals surface area (Å²) < 4.78 is 142. The minimum absolute atomic E-state index is 0.0806. The Morgan fingerprint density at radius 3 is 1.13 bits per heavy atom. The zero-order chi connectivity index (χ0) is 67.1. The summed E-state index contributed by atoms with van der Waals surface area (Å²) in [5.41, 5.74) is -2.63. The molecule has 0 amide bonds. The van der Waals surface area contributed by atoms with E-state index in [4.69, 9.17) is 33.7 Å². The van der Waals surface area contributed by atoms with Crippen molar-refractivity contribution >= 4 is 166 Å². The van der Waals surface area contributed by atoms with E-state index < -0.39 is 180 Å². The van der Waals surface area contributed by atoms with E-state index in [-0.39, 0.29) is 28.7 Å². The lowest BCUT2D eigenvalue weighted by Gasteiger charge is -2.17. The highest BCUT2D eigenvalue weighted by molar-refractivity contribution is 7.86. The summed E-state index contributed by atoms with van der Waals surface area (Å²) in [7, 11) is -21.0.